The highest BCUT2D eigenvalue weighted by Gasteiger charge is 2.39. The molecule has 1 unspecified atom stereocenters. The van der Waals surface area contributed by atoms with Crippen LogP contribution >= 0.6 is 0 Å². The van der Waals surface area contributed by atoms with Gasteiger partial charge in [-0.3, -0.25) is 10.2 Å². The molecule has 1 aliphatic heterocycles. The number of aromatic nitrogens is 3. The molecule has 0 saturated carbocycles. The number of carbonyl (C=O) groups excluding carboxylic acids is 1. The van der Waals surface area contributed by atoms with Crippen LogP contribution in [0.1, 0.15) is 12.8 Å². The summed E-state index contributed by atoms with van der Waals surface area (Å²) in [6.45, 7) is 0.331. The Morgan fingerprint density at radius 3 is 2.55 bits per heavy atom. The highest BCUT2D eigenvalue weighted by atomic mass is 32.2. The number of carbonyl (C=O) groups is 1. The first-order valence-electron chi connectivity index (χ1n) is 6.81. The fourth-order valence-corrected chi connectivity index (χ4v) is 4.16. The molecule has 2 aromatic rings. The van der Waals surface area contributed by atoms with E-state index in [-0.39, 0.29) is 4.90 Å². The van der Waals surface area contributed by atoms with Gasteiger partial charge in [-0.2, -0.15) is 4.31 Å². The average molecular weight is 321 g/mol. The van der Waals surface area contributed by atoms with Gasteiger partial charge in [0.25, 0.3) is 5.91 Å². The zero-order valence-corrected chi connectivity index (χ0v) is 12.5. The molecule has 8 nitrogen and oxygen atoms in total. The zero-order chi connectivity index (χ0) is 15.6. The zero-order valence-electron chi connectivity index (χ0n) is 11.7. The predicted molar refractivity (Wildman–Crippen MR) is 77.7 cm³/mol. The van der Waals surface area contributed by atoms with E-state index in [1.807, 2.05) is 0 Å². The molecule has 1 N–H and O–H groups in total. The lowest BCUT2D eigenvalue weighted by atomic mass is 10.2. The van der Waals surface area contributed by atoms with Crippen LogP contribution in [0.15, 0.2) is 47.9 Å². The summed E-state index contributed by atoms with van der Waals surface area (Å²) in [5.74, 6) is -0.392. The minimum atomic E-state index is -3.68. The predicted octanol–water partition coefficient (Wildman–Crippen LogP) is 0.201. The molecule has 1 saturated heterocycles. The molecule has 1 aromatic carbocycles. The number of nitrogens with one attached hydrogen (secondary N) is 1. The number of nitrogens with zero attached hydrogens (tertiary/aromatic N) is 4. The molecule has 1 aliphatic rings. The average Bonchev–Trinajstić information content (AvgIpc) is 3.19. The Hall–Kier alpha value is -2.26. The minimum absolute atomic E-state index is 0.194. The van der Waals surface area contributed by atoms with Crippen LogP contribution in [0.4, 0.5) is 0 Å². The molecule has 0 spiro atoms. The lowest BCUT2D eigenvalue weighted by Gasteiger charge is -2.23. The second-order valence-electron chi connectivity index (χ2n) is 4.93. The van der Waals surface area contributed by atoms with Gasteiger partial charge >= 0.3 is 0 Å². The van der Waals surface area contributed by atoms with Crippen molar-refractivity contribution in [3.63, 3.8) is 0 Å². The van der Waals surface area contributed by atoms with Gasteiger partial charge in [-0.15, -0.1) is 10.2 Å². The molecule has 0 bridgehead atoms. The van der Waals surface area contributed by atoms with Gasteiger partial charge in [0, 0.05) is 6.54 Å². The van der Waals surface area contributed by atoms with Crippen LogP contribution in [0.3, 0.4) is 0 Å². The van der Waals surface area contributed by atoms with Gasteiger partial charge in [0.05, 0.1) is 4.90 Å². The third-order valence-electron chi connectivity index (χ3n) is 3.51. The van der Waals surface area contributed by atoms with Gasteiger partial charge in [0.2, 0.25) is 10.0 Å². The number of rotatable bonds is 4. The molecule has 1 amide bonds. The van der Waals surface area contributed by atoms with Gasteiger partial charge in [-0.25, -0.2) is 13.1 Å². The molecule has 1 aromatic heterocycles. The summed E-state index contributed by atoms with van der Waals surface area (Å²) >= 11 is 0. The molecule has 22 heavy (non-hydrogen) atoms. The van der Waals surface area contributed by atoms with Crippen LogP contribution in [0.5, 0.6) is 0 Å². The number of hydrogen-bond donors (Lipinski definition) is 1. The van der Waals surface area contributed by atoms with Crippen molar-refractivity contribution in [2.24, 2.45) is 0 Å². The number of sulfonamides is 1. The molecule has 1 fully saturated rings. The van der Waals surface area contributed by atoms with Crippen molar-refractivity contribution in [3.05, 3.63) is 43.0 Å². The summed E-state index contributed by atoms with van der Waals surface area (Å²) < 4.78 is 27.9. The third-order valence-corrected chi connectivity index (χ3v) is 5.44. The number of hydrogen-bond acceptors (Lipinski definition) is 5. The fourth-order valence-electron chi connectivity index (χ4n) is 2.48. The number of amides is 1. The van der Waals surface area contributed by atoms with E-state index in [0.717, 1.165) is 0 Å². The van der Waals surface area contributed by atoms with Gasteiger partial charge in [0.15, 0.2) is 0 Å². The van der Waals surface area contributed by atoms with Crippen molar-refractivity contribution in [2.45, 2.75) is 23.8 Å². The molecule has 1 atom stereocenters. The monoisotopic (exact) mass is 321 g/mol. The SMILES string of the molecule is O=C(Nn1cnnc1)C1CCCN1S(=O)(=O)c1ccccc1. The summed E-state index contributed by atoms with van der Waals surface area (Å²) in [6, 6.07) is 7.40. The molecule has 0 aliphatic carbocycles. The molecule has 9 heteroatoms. The topological polar surface area (TPSA) is 97.2 Å². The molecular formula is C13H15N5O3S. The third kappa shape index (κ3) is 2.72. The first-order chi connectivity index (χ1) is 10.6. The van der Waals surface area contributed by atoms with E-state index in [4.69, 9.17) is 0 Å². The van der Waals surface area contributed by atoms with Crippen LogP contribution < -0.4 is 5.43 Å². The van der Waals surface area contributed by atoms with Gasteiger partial charge in [0.1, 0.15) is 18.7 Å². The van der Waals surface area contributed by atoms with Crippen LogP contribution in [0.25, 0.3) is 0 Å². The van der Waals surface area contributed by atoms with E-state index >= 15 is 0 Å². The van der Waals surface area contributed by atoms with Crippen molar-refractivity contribution in [1.29, 1.82) is 0 Å². The van der Waals surface area contributed by atoms with E-state index in [0.29, 0.717) is 19.4 Å². The van der Waals surface area contributed by atoms with Crippen LogP contribution in [0, 0.1) is 0 Å². The Morgan fingerprint density at radius 1 is 1.18 bits per heavy atom. The molecule has 2 heterocycles. The van der Waals surface area contributed by atoms with Crippen molar-refractivity contribution in [1.82, 2.24) is 19.2 Å². The number of benzene rings is 1. The first kappa shape index (κ1) is 14.7. The lowest BCUT2D eigenvalue weighted by Crippen LogP contribution is -2.44. The summed E-state index contributed by atoms with van der Waals surface area (Å²) in [5, 5.41) is 7.17. The van der Waals surface area contributed by atoms with Crippen LogP contribution in [-0.4, -0.2) is 46.1 Å². The second kappa shape index (κ2) is 5.85. The first-order valence-corrected chi connectivity index (χ1v) is 8.25. The van der Waals surface area contributed by atoms with Crippen molar-refractivity contribution in [3.8, 4) is 0 Å². The summed E-state index contributed by atoms with van der Waals surface area (Å²) in [4.78, 5) is 12.5. The lowest BCUT2D eigenvalue weighted by molar-refractivity contribution is -0.120. The quantitative estimate of drug-likeness (QED) is 0.868. The van der Waals surface area contributed by atoms with Gasteiger partial charge in [-0.05, 0) is 25.0 Å². The molecule has 3 rings (SSSR count). The highest BCUT2D eigenvalue weighted by Crippen LogP contribution is 2.26. The van der Waals surface area contributed by atoms with E-state index in [1.54, 1.807) is 18.2 Å². The van der Waals surface area contributed by atoms with Crippen LogP contribution in [0.2, 0.25) is 0 Å². The van der Waals surface area contributed by atoms with E-state index in [9.17, 15) is 13.2 Å². The Balaban J connectivity index is 1.82. The van der Waals surface area contributed by atoms with E-state index in [2.05, 4.69) is 15.6 Å². The largest absolute Gasteiger partial charge is 0.271 e. The Morgan fingerprint density at radius 2 is 1.86 bits per heavy atom. The standard InChI is InChI=1S/C13H15N5O3S/c19-13(16-17-9-14-15-10-17)12-7-4-8-18(12)22(20,21)11-5-2-1-3-6-11/h1-3,5-6,9-10,12H,4,7-8H2,(H,16,19). The smallest absolute Gasteiger partial charge is 0.257 e. The maximum absolute atomic E-state index is 12.7. The maximum Gasteiger partial charge on any atom is 0.257 e. The molecule has 116 valence electrons. The van der Waals surface area contributed by atoms with Crippen LogP contribution in [-0.2, 0) is 14.8 Å². The fraction of sp³-hybridized carbons (Fsp3) is 0.308. The van der Waals surface area contributed by atoms with E-state index in [1.165, 1.54) is 33.8 Å². The molecule has 0 radical (unpaired) electrons. The van der Waals surface area contributed by atoms with Gasteiger partial charge < -0.3 is 0 Å². The normalized spacial score (nSPS) is 19.2. The van der Waals surface area contributed by atoms with Crippen molar-refractivity contribution >= 4 is 15.9 Å². The summed E-state index contributed by atoms with van der Waals surface area (Å²) in [6.07, 6.45) is 3.80. The van der Waals surface area contributed by atoms with Crippen molar-refractivity contribution < 1.29 is 13.2 Å². The second-order valence-corrected chi connectivity index (χ2v) is 6.82. The highest BCUT2D eigenvalue weighted by molar-refractivity contribution is 7.89. The summed E-state index contributed by atoms with van der Waals surface area (Å²) in [7, 11) is -3.68. The Labute approximate surface area is 127 Å². The summed E-state index contributed by atoms with van der Waals surface area (Å²) in [5.41, 5.74) is 2.56. The Bertz CT molecular complexity index is 745. The van der Waals surface area contributed by atoms with Gasteiger partial charge in [-0.1, -0.05) is 18.2 Å². The minimum Gasteiger partial charge on any atom is -0.271 e. The Kier molecular flexibility index (Phi) is 3.90. The molecular weight excluding hydrogens is 306 g/mol. The van der Waals surface area contributed by atoms with Crippen molar-refractivity contribution in [2.75, 3.05) is 12.0 Å². The van der Waals surface area contributed by atoms with E-state index < -0.39 is 22.0 Å². The maximum atomic E-state index is 12.7.